The zero-order valence-electron chi connectivity index (χ0n) is 10.1. The van der Waals surface area contributed by atoms with E-state index in [9.17, 15) is 17.6 Å². The van der Waals surface area contributed by atoms with Crippen molar-refractivity contribution in [2.75, 3.05) is 0 Å². The Kier molecular flexibility index (Phi) is 3.05. The summed E-state index contributed by atoms with van der Waals surface area (Å²) in [5.41, 5.74) is -1.00. The summed E-state index contributed by atoms with van der Waals surface area (Å²) < 4.78 is 53.5. The van der Waals surface area contributed by atoms with Gasteiger partial charge < -0.3 is 0 Å². The Morgan fingerprint density at radius 2 is 1.86 bits per heavy atom. The number of fused-ring (bicyclic) bond motifs is 1. The van der Waals surface area contributed by atoms with Gasteiger partial charge in [0, 0.05) is 6.20 Å². The molecule has 1 aromatic carbocycles. The molecule has 21 heavy (non-hydrogen) atoms. The summed E-state index contributed by atoms with van der Waals surface area (Å²) in [4.78, 5) is 6.86. The van der Waals surface area contributed by atoms with E-state index in [2.05, 4.69) is 15.1 Å². The van der Waals surface area contributed by atoms with Crippen molar-refractivity contribution in [3.05, 3.63) is 47.3 Å². The van der Waals surface area contributed by atoms with Crippen LogP contribution in [0.4, 0.5) is 17.6 Å². The number of alkyl halides is 3. The lowest BCUT2D eigenvalue weighted by Crippen LogP contribution is -2.14. The highest BCUT2D eigenvalue weighted by Crippen LogP contribution is 2.34. The molecule has 0 fully saturated rings. The molecule has 0 aliphatic carbocycles. The molecule has 4 nitrogen and oxygen atoms in total. The monoisotopic (exact) mass is 316 g/mol. The topological polar surface area (TPSA) is 43.6 Å². The van der Waals surface area contributed by atoms with Crippen molar-refractivity contribution in [2.24, 2.45) is 0 Å². The number of hydrogen-bond acceptors (Lipinski definition) is 3. The first kappa shape index (κ1) is 13.7. The lowest BCUT2D eigenvalue weighted by Gasteiger charge is -2.11. The quantitative estimate of drug-likeness (QED) is 0.508. The van der Waals surface area contributed by atoms with Gasteiger partial charge in [-0.15, -0.1) is 5.10 Å². The Labute approximate surface area is 120 Å². The van der Waals surface area contributed by atoms with Gasteiger partial charge in [0.05, 0.1) is 10.9 Å². The van der Waals surface area contributed by atoms with Crippen LogP contribution >= 0.6 is 11.6 Å². The lowest BCUT2D eigenvalue weighted by molar-refractivity contribution is -0.138. The van der Waals surface area contributed by atoms with Crippen molar-refractivity contribution in [1.82, 2.24) is 19.7 Å². The van der Waals surface area contributed by atoms with Crippen molar-refractivity contribution >= 4 is 22.5 Å². The van der Waals surface area contributed by atoms with Crippen molar-refractivity contribution in [3.8, 4) is 5.82 Å². The third-order valence-electron chi connectivity index (χ3n) is 2.79. The molecule has 0 aliphatic heterocycles. The van der Waals surface area contributed by atoms with E-state index in [1.54, 1.807) is 12.1 Å². The molecule has 2 aromatic heterocycles. The second-order valence-electron chi connectivity index (χ2n) is 4.09. The predicted octanol–water partition coefficient (Wildman–Crippen LogP) is 3.63. The third-order valence-corrected chi connectivity index (χ3v) is 2.97. The van der Waals surface area contributed by atoms with Crippen LogP contribution in [-0.4, -0.2) is 19.7 Å². The molecule has 2 heterocycles. The molecular formula is C12H5ClF4N4. The summed E-state index contributed by atoms with van der Waals surface area (Å²) in [6.45, 7) is 0. The van der Waals surface area contributed by atoms with E-state index in [0.717, 1.165) is 4.68 Å². The Morgan fingerprint density at radius 1 is 1.14 bits per heavy atom. The van der Waals surface area contributed by atoms with E-state index in [1.807, 2.05) is 0 Å². The Bertz CT molecular complexity index is 828. The van der Waals surface area contributed by atoms with Crippen molar-refractivity contribution in [2.45, 2.75) is 6.18 Å². The van der Waals surface area contributed by atoms with Crippen molar-refractivity contribution in [3.63, 3.8) is 0 Å². The molecule has 108 valence electrons. The molecule has 0 radical (unpaired) electrons. The molecule has 0 amide bonds. The average molecular weight is 317 g/mol. The van der Waals surface area contributed by atoms with Crippen molar-refractivity contribution in [1.29, 1.82) is 0 Å². The third kappa shape index (κ3) is 2.31. The van der Waals surface area contributed by atoms with E-state index < -0.39 is 28.8 Å². The number of para-hydroxylation sites is 1. The van der Waals surface area contributed by atoms with Gasteiger partial charge in [0.2, 0.25) is 11.2 Å². The summed E-state index contributed by atoms with van der Waals surface area (Å²) in [6.07, 6.45) is -4.18. The largest absolute Gasteiger partial charge is 0.421 e. The zero-order valence-corrected chi connectivity index (χ0v) is 10.8. The number of rotatable bonds is 1. The molecule has 3 aromatic rings. The van der Waals surface area contributed by atoms with Crippen molar-refractivity contribution < 1.29 is 17.6 Å². The Morgan fingerprint density at radius 3 is 2.57 bits per heavy atom. The van der Waals surface area contributed by atoms with Gasteiger partial charge in [0.15, 0.2) is 5.82 Å². The van der Waals surface area contributed by atoms with Gasteiger partial charge in [-0.25, -0.2) is 9.67 Å². The van der Waals surface area contributed by atoms with Gasteiger partial charge >= 0.3 is 6.18 Å². The normalized spacial score (nSPS) is 12.0. The minimum absolute atomic E-state index is 0.0837. The molecule has 0 saturated carbocycles. The molecule has 0 atom stereocenters. The van der Waals surface area contributed by atoms with Gasteiger partial charge in [-0.2, -0.15) is 22.5 Å². The van der Waals surface area contributed by atoms with E-state index in [0.29, 0.717) is 6.20 Å². The summed E-state index contributed by atoms with van der Waals surface area (Å²) >= 11 is 5.55. The second-order valence-corrected chi connectivity index (χ2v) is 4.43. The maximum absolute atomic E-state index is 13.7. The van der Waals surface area contributed by atoms with E-state index in [1.165, 1.54) is 12.1 Å². The molecule has 0 unspecified atom stereocenters. The number of halogens is 5. The SMILES string of the molecule is Fc1nn(-c2nc(Cl)ncc2C(F)(F)F)c2ccccc12. The molecule has 0 bridgehead atoms. The average Bonchev–Trinajstić information content (AvgIpc) is 2.75. The highest BCUT2D eigenvalue weighted by atomic mass is 35.5. The minimum atomic E-state index is -4.72. The summed E-state index contributed by atoms with van der Waals surface area (Å²) in [5.74, 6) is -1.52. The van der Waals surface area contributed by atoms with Gasteiger partial charge in [-0.3, -0.25) is 0 Å². The fourth-order valence-electron chi connectivity index (χ4n) is 1.90. The van der Waals surface area contributed by atoms with Crippen LogP contribution in [-0.2, 0) is 6.18 Å². The van der Waals surface area contributed by atoms with E-state index in [-0.39, 0.29) is 10.9 Å². The van der Waals surface area contributed by atoms with Crippen LogP contribution in [0.15, 0.2) is 30.5 Å². The summed E-state index contributed by atoms with van der Waals surface area (Å²) in [5, 5.41) is 3.17. The van der Waals surface area contributed by atoms with Gasteiger partial charge in [-0.05, 0) is 23.7 Å². The fraction of sp³-hybridized carbons (Fsp3) is 0.0833. The molecule has 0 N–H and O–H groups in total. The van der Waals surface area contributed by atoms with E-state index >= 15 is 0 Å². The first-order valence-electron chi connectivity index (χ1n) is 5.61. The molecule has 0 aliphatic rings. The highest BCUT2D eigenvalue weighted by Gasteiger charge is 2.36. The lowest BCUT2D eigenvalue weighted by atomic mass is 10.2. The van der Waals surface area contributed by atoms with Gasteiger partial charge in [0.25, 0.3) is 0 Å². The van der Waals surface area contributed by atoms with E-state index in [4.69, 9.17) is 11.6 Å². The number of benzene rings is 1. The molecule has 0 saturated heterocycles. The van der Waals surface area contributed by atoms with Crippen LogP contribution in [0, 0.1) is 5.95 Å². The first-order valence-corrected chi connectivity index (χ1v) is 5.99. The predicted molar refractivity (Wildman–Crippen MR) is 66.6 cm³/mol. The number of hydrogen-bond donors (Lipinski definition) is 0. The van der Waals surface area contributed by atoms with Crippen LogP contribution in [0.1, 0.15) is 5.56 Å². The van der Waals surface area contributed by atoms with Crippen LogP contribution in [0.25, 0.3) is 16.7 Å². The molecule has 9 heteroatoms. The molecular weight excluding hydrogens is 312 g/mol. The maximum Gasteiger partial charge on any atom is 0.421 e. The Balaban J connectivity index is 2.35. The summed E-state index contributed by atoms with van der Waals surface area (Å²) in [6, 6.07) is 5.94. The maximum atomic E-state index is 13.7. The molecule has 0 spiro atoms. The zero-order chi connectivity index (χ0) is 15.2. The van der Waals surface area contributed by atoms with Gasteiger partial charge in [-0.1, -0.05) is 12.1 Å². The molecule has 3 rings (SSSR count). The smallest absolute Gasteiger partial charge is 0.226 e. The highest BCUT2D eigenvalue weighted by molar-refractivity contribution is 6.28. The standard InChI is InChI=1S/C12H5ClF4N4/c13-11-18-5-7(12(15,16)17)10(19-11)21-8-4-2-1-3-6(8)9(14)20-21/h1-5H. The van der Waals surface area contributed by atoms with Crippen LogP contribution in [0.3, 0.4) is 0 Å². The minimum Gasteiger partial charge on any atom is -0.226 e. The fourth-order valence-corrected chi connectivity index (χ4v) is 2.03. The van der Waals surface area contributed by atoms with Gasteiger partial charge in [0.1, 0.15) is 5.56 Å². The summed E-state index contributed by atoms with van der Waals surface area (Å²) in [7, 11) is 0. The van der Waals surface area contributed by atoms with Crippen LogP contribution in [0.5, 0.6) is 0 Å². The van der Waals surface area contributed by atoms with Crippen LogP contribution in [0.2, 0.25) is 5.28 Å². The number of nitrogens with zero attached hydrogens (tertiary/aromatic N) is 4. The van der Waals surface area contributed by atoms with Crippen LogP contribution < -0.4 is 0 Å². The first-order chi connectivity index (χ1) is 9.88. The Hall–Kier alpha value is -2.22. The number of aromatic nitrogens is 4. The second kappa shape index (κ2) is 4.66.